The summed E-state index contributed by atoms with van der Waals surface area (Å²) in [6.45, 7) is 0. The number of aromatic amines is 1. The number of nitrogens with one attached hydrogen (secondary N) is 1. The molecule has 0 saturated heterocycles. The van der Waals surface area contributed by atoms with Gasteiger partial charge in [-0.1, -0.05) is 42.5 Å². The monoisotopic (exact) mass is 485 g/mol. The fourth-order valence-electron chi connectivity index (χ4n) is 5.37. The molecule has 2 aromatic carbocycles. The molecule has 10 heteroatoms. The zero-order valence-electron chi connectivity index (χ0n) is 18.1. The molecule has 1 aromatic heterocycles. The number of methoxy groups -OCH3 is 1. The summed E-state index contributed by atoms with van der Waals surface area (Å²) in [5.41, 5.74) is -2.75. The topological polar surface area (TPSA) is 106 Å². The molecule has 1 fully saturated rings. The van der Waals surface area contributed by atoms with Crippen molar-refractivity contribution in [3.63, 3.8) is 0 Å². The Morgan fingerprint density at radius 1 is 1.09 bits per heavy atom. The number of carbonyl (C=O) groups excluding carboxylic acids is 1. The van der Waals surface area contributed by atoms with Crippen LogP contribution < -0.4 is 15.0 Å². The lowest BCUT2D eigenvalue weighted by Gasteiger charge is -2.36. The Labute approximate surface area is 196 Å². The second-order valence-corrected chi connectivity index (χ2v) is 8.44. The van der Waals surface area contributed by atoms with Crippen molar-refractivity contribution >= 4 is 11.8 Å². The number of carboxylic acid groups (broad SMARTS) is 1. The second-order valence-electron chi connectivity index (χ2n) is 8.44. The summed E-state index contributed by atoms with van der Waals surface area (Å²) in [4.78, 5) is 41.3. The van der Waals surface area contributed by atoms with Gasteiger partial charge in [0.1, 0.15) is 11.7 Å². The Balaban J connectivity index is 1.84. The Hall–Kier alpha value is -4.08. The van der Waals surface area contributed by atoms with E-state index in [-0.39, 0.29) is 22.6 Å². The van der Waals surface area contributed by atoms with Crippen molar-refractivity contribution in [3.8, 4) is 11.5 Å². The molecule has 3 aromatic rings. The van der Waals surface area contributed by atoms with Gasteiger partial charge in [0.2, 0.25) is 0 Å². The normalized spacial score (nSPS) is 25.0. The van der Waals surface area contributed by atoms with E-state index in [1.54, 1.807) is 30.3 Å². The average Bonchev–Trinajstić information content (AvgIpc) is 3.32. The number of fused-ring (bicyclic) bond motifs is 3. The van der Waals surface area contributed by atoms with Crippen LogP contribution in [0.25, 0.3) is 0 Å². The van der Waals surface area contributed by atoms with Crippen molar-refractivity contribution in [3.05, 3.63) is 93.4 Å². The predicted molar refractivity (Wildman–Crippen MR) is 115 cm³/mol. The molecule has 4 unspecified atom stereocenters. The molecule has 0 radical (unpaired) electrons. The number of pyridine rings is 1. The van der Waals surface area contributed by atoms with E-state index >= 15 is 0 Å². The number of rotatable bonds is 4. The van der Waals surface area contributed by atoms with Gasteiger partial charge in [0.05, 0.1) is 24.2 Å². The van der Waals surface area contributed by atoms with Crippen molar-refractivity contribution in [1.29, 1.82) is 0 Å². The molecule has 0 amide bonds. The van der Waals surface area contributed by atoms with Gasteiger partial charge in [-0.15, -0.1) is 0 Å². The number of carbonyl (C=O) groups is 2. The highest BCUT2D eigenvalue weighted by Crippen LogP contribution is 2.65. The van der Waals surface area contributed by atoms with Crippen LogP contribution in [0.4, 0.5) is 13.2 Å². The van der Waals surface area contributed by atoms with E-state index in [1.807, 2.05) is 0 Å². The van der Waals surface area contributed by atoms with Crippen molar-refractivity contribution in [1.82, 2.24) is 4.98 Å². The highest BCUT2D eigenvalue weighted by Gasteiger charge is 2.70. The summed E-state index contributed by atoms with van der Waals surface area (Å²) >= 11 is 0. The van der Waals surface area contributed by atoms with Crippen molar-refractivity contribution in [2.24, 2.45) is 5.92 Å². The molecule has 0 spiro atoms. The molecule has 2 N–H and O–H groups in total. The number of ketones is 1. The molecule has 2 aliphatic rings. The largest absolute Gasteiger partial charge is 0.495 e. The maximum absolute atomic E-state index is 13.8. The van der Waals surface area contributed by atoms with E-state index in [1.165, 1.54) is 13.3 Å². The zero-order chi connectivity index (χ0) is 25.1. The standard InChI is InChI=1S/C25H18F3NO6/c1-34-15-11-29-22(31)21-16(15)19-20(30)17(23(32)33)18(12-5-3-2-4-6-12)24(19,35-21)13-7-9-14(10-8-13)25(26,27)28/h2-11,17-19H,1H3,(H,29,31)(H,32,33). The van der Waals surface area contributed by atoms with Gasteiger partial charge in [0.25, 0.3) is 5.56 Å². The van der Waals surface area contributed by atoms with Crippen LogP contribution >= 0.6 is 0 Å². The molecule has 1 aliphatic carbocycles. The van der Waals surface area contributed by atoms with Crippen molar-refractivity contribution < 1.29 is 37.3 Å². The van der Waals surface area contributed by atoms with Crippen LogP contribution in [0, 0.1) is 5.92 Å². The van der Waals surface area contributed by atoms with E-state index < -0.39 is 52.4 Å². The first kappa shape index (κ1) is 22.7. The van der Waals surface area contributed by atoms with Gasteiger partial charge >= 0.3 is 12.1 Å². The summed E-state index contributed by atoms with van der Waals surface area (Å²) in [6.07, 6.45) is -3.37. The highest BCUT2D eigenvalue weighted by molar-refractivity contribution is 6.07. The highest BCUT2D eigenvalue weighted by atomic mass is 19.4. The molecular formula is C25H18F3NO6. The minimum absolute atomic E-state index is 0.0748. The van der Waals surface area contributed by atoms with E-state index in [0.717, 1.165) is 24.3 Å². The molecule has 4 atom stereocenters. The lowest BCUT2D eigenvalue weighted by atomic mass is 9.73. The third kappa shape index (κ3) is 3.16. The summed E-state index contributed by atoms with van der Waals surface area (Å²) in [5, 5.41) is 10.1. The van der Waals surface area contributed by atoms with Crippen LogP contribution in [-0.2, 0) is 21.4 Å². The van der Waals surface area contributed by atoms with E-state index in [9.17, 15) is 32.7 Å². The molecular weight excluding hydrogens is 467 g/mol. The van der Waals surface area contributed by atoms with Gasteiger partial charge in [0, 0.05) is 12.1 Å². The fraction of sp³-hybridized carbons (Fsp3) is 0.240. The summed E-state index contributed by atoms with van der Waals surface area (Å²) in [6, 6.07) is 12.3. The zero-order valence-corrected chi connectivity index (χ0v) is 18.1. The maximum atomic E-state index is 13.8. The van der Waals surface area contributed by atoms with Crippen LogP contribution in [-0.4, -0.2) is 29.0 Å². The molecule has 5 rings (SSSR count). The Bertz CT molecular complexity index is 1380. The summed E-state index contributed by atoms with van der Waals surface area (Å²) < 4.78 is 51.4. The third-order valence-corrected chi connectivity index (χ3v) is 6.73. The first-order valence-corrected chi connectivity index (χ1v) is 10.6. The Morgan fingerprint density at radius 3 is 2.31 bits per heavy atom. The number of ether oxygens (including phenoxy) is 2. The number of aromatic nitrogens is 1. The second kappa shape index (κ2) is 7.72. The maximum Gasteiger partial charge on any atom is 0.416 e. The summed E-state index contributed by atoms with van der Waals surface area (Å²) in [7, 11) is 1.31. The number of alkyl halides is 3. The lowest BCUT2D eigenvalue weighted by Crippen LogP contribution is -2.39. The van der Waals surface area contributed by atoms with Crippen molar-refractivity contribution in [2.45, 2.75) is 23.6 Å². The first-order chi connectivity index (χ1) is 16.6. The number of benzene rings is 2. The lowest BCUT2D eigenvalue weighted by molar-refractivity contribution is -0.146. The van der Waals surface area contributed by atoms with Crippen LogP contribution in [0.3, 0.4) is 0 Å². The SMILES string of the molecule is COc1c[nH]c(=O)c2c1C1C(=O)C(C(=O)O)C(c3ccccc3)C1(c1ccc(C(F)(F)F)cc1)O2. The molecule has 35 heavy (non-hydrogen) atoms. The number of hydrogen-bond donors (Lipinski definition) is 2. The van der Waals surface area contributed by atoms with Gasteiger partial charge in [-0.25, -0.2) is 0 Å². The van der Waals surface area contributed by atoms with E-state index in [2.05, 4.69) is 4.98 Å². The fourth-order valence-corrected chi connectivity index (χ4v) is 5.37. The van der Waals surface area contributed by atoms with Gasteiger partial charge in [-0.05, 0) is 23.3 Å². The number of hydrogen-bond acceptors (Lipinski definition) is 5. The van der Waals surface area contributed by atoms with Gasteiger partial charge in [0.15, 0.2) is 17.1 Å². The van der Waals surface area contributed by atoms with Gasteiger partial charge in [-0.3, -0.25) is 14.4 Å². The van der Waals surface area contributed by atoms with E-state index in [0.29, 0.717) is 5.56 Å². The number of Topliss-reactive ketones (excluding diaryl/α,β-unsaturated/α-hetero) is 1. The molecule has 180 valence electrons. The average molecular weight is 485 g/mol. The molecule has 1 aliphatic heterocycles. The molecule has 0 bridgehead atoms. The first-order valence-electron chi connectivity index (χ1n) is 10.6. The minimum Gasteiger partial charge on any atom is -0.495 e. The van der Waals surface area contributed by atoms with Crippen LogP contribution in [0.5, 0.6) is 11.5 Å². The Morgan fingerprint density at radius 2 is 1.74 bits per heavy atom. The Kier molecular flexibility index (Phi) is 5.01. The molecule has 1 saturated carbocycles. The minimum atomic E-state index is -4.61. The quantitative estimate of drug-likeness (QED) is 0.544. The van der Waals surface area contributed by atoms with Crippen LogP contribution in [0.1, 0.15) is 34.1 Å². The van der Waals surface area contributed by atoms with E-state index in [4.69, 9.17) is 9.47 Å². The predicted octanol–water partition coefficient (Wildman–Crippen LogP) is 3.84. The van der Waals surface area contributed by atoms with Crippen LogP contribution in [0.15, 0.2) is 65.6 Å². The number of carboxylic acids is 1. The van der Waals surface area contributed by atoms with Gasteiger partial charge in [-0.2, -0.15) is 13.2 Å². The molecule has 2 heterocycles. The number of H-pyrrole nitrogens is 1. The molecule has 7 nitrogen and oxygen atoms in total. The summed E-state index contributed by atoms with van der Waals surface area (Å²) in [5.74, 6) is -6.30. The smallest absolute Gasteiger partial charge is 0.416 e. The van der Waals surface area contributed by atoms with Gasteiger partial charge < -0.3 is 19.6 Å². The number of halogens is 3. The third-order valence-electron chi connectivity index (χ3n) is 6.73. The number of aliphatic carboxylic acids is 1. The van der Waals surface area contributed by atoms with Crippen LogP contribution in [0.2, 0.25) is 0 Å². The van der Waals surface area contributed by atoms with Crippen molar-refractivity contribution in [2.75, 3.05) is 7.11 Å².